The summed E-state index contributed by atoms with van der Waals surface area (Å²) in [5.74, 6) is -2.10. The van der Waals surface area contributed by atoms with Crippen LogP contribution in [0.1, 0.15) is 6.42 Å². The van der Waals surface area contributed by atoms with E-state index in [1.165, 1.54) is 12.1 Å². The summed E-state index contributed by atoms with van der Waals surface area (Å²) >= 11 is 0. The van der Waals surface area contributed by atoms with Crippen molar-refractivity contribution in [3.63, 3.8) is 0 Å². The van der Waals surface area contributed by atoms with Gasteiger partial charge in [-0.2, -0.15) is 0 Å². The molecule has 7 nitrogen and oxygen atoms in total. The van der Waals surface area contributed by atoms with Gasteiger partial charge in [0.25, 0.3) is 0 Å². The van der Waals surface area contributed by atoms with Crippen molar-refractivity contribution in [2.24, 2.45) is 5.92 Å². The quantitative estimate of drug-likeness (QED) is 0.717. The molecule has 120 valence electrons. The number of nitrogens with zero attached hydrogens (tertiary/aromatic N) is 1. The molecule has 1 aromatic carbocycles. The smallest absolute Gasteiger partial charge is 0.308 e. The average Bonchev–Trinajstić information content (AvgIpc) is 2.47. The van der Waals surface area contributed by atoms with Crippen LogP contribution in [0.25, 0.3) is 0 Å². The first-order chi connectivity index (χ1) is 10.5. The molecular weight excluding hydrogens is 288 g/mol. The largest absolute Gasteiger partial charge is 0.508 e. The number of carbonyl (C=O) groups excluding carboxylic acids is 1. The Labute approximate surface area is 128 Å². The number of amides is 1. The lowest BCUT2D eigenvalue weighted by molar-refractivity contribution is -0.144. The summed E-state index contributed by atoms with van der Waals surface area (Å²) in [4.78, 5) is 25.3. The molecule has 0 radical (unpaired) electrons. The number of benzene rings is 1. The number of hydrogen-bond acceptors (Lipinski definition) is 5. The Kier molecular flexibility index (Phi) is 5.74. The summed E-state index contributed by atoms with van der Waals surface area (Å²) in [6, 6.07) is 6.15. The molecule has 1 amide bonds. The van der Waals surface area contributed by atoms with Crippen LogP contribution in [0.3, 0.4) is 0 Å². The molecule has 2 rings (SSSR count). The van der Waals surface area contributed by atoms with Crippen LogP contribution in [0.5, 0.6) is 5.75 Å². The molecular formula is C15H20N2O5. The molecule has 1 aliphatic heterocycles. The summed E-state index contributed by atoms with van der Waals surface area (Å²) in [5, 5.41) is 21.2. The Morgan fingerprint density at radius 3 is 2.68 bits per heavy atom. The van der Waals surface area contributed by atoms with Crippen LogP contribution >= 0.6 is 0 Å². The lowest BCUT2D eigenvalue weighted by atomic mass is 10.0. The van der Waals surface area contributed by atoms with E-state index in [-0.39, 0.29) is 18.1 Å². The summed E-state index contributed by atoms with van der Waals surface area (Å²) in [5.41, 5.74) is 0.445. The van der Waals surface area contributed by atoms with Gasteiger partial charge in [0.1, 0.15) is 5.75 Å². The van der Waals surface area contributed by atoms with Crippen LogP contribution in [-0.4, -0.2) is 59.8 Å². The number of carbonyl (C=O) groups is 2. The maximum Gasteiger partial charge on any atom is 0.308 e. The average molecular weight is 308 g/mol. The number of aliphatic carboxylic acids is 1. The van der Waals surface area contributed by atoms with Gasteiger partial charge in [-0.25, -0.2) is 0 Å². The third-order valence-electron chi connectivity index (χ3n) is 3.49. The first-order valence-electron chi connectivity index (χ1n) is 7.16. The lowest BCUT2D eigenvalue weighted by Crippen LogP contribution is -2.41. The zero-order chi connectivity index (χ0) is 15.9. The highest BCUT2D eigenvalue weighted by atomic mass is 16.5. The Bertz CT molecular complexity index is 528. The van der Waals surface area contributed by atoms with Gasteiger partial charge >= 0.3 is 5.97 Å². The topological polar surface area (TPSA) is 99.1 Å². The molecule has 1 fully saturated rings. The zero-order valence-corrected chi connectivity index (χ0v) is 12.2. The van der Waals surface area contributed by atoms with Crippen LogP contribution in [0.15, 0.2) is 24.3 Å². The number of morpholine rings is 1. The van der Waals surface area contributed by atoms with E-state index in [4.69, 9.17) is 4.74 Å². The van der Waals surface area contributed by atoms with E-state index in [1.54, 1.807) is 12.1 Å². The lowest BCUT2D eigenvalue weighted by Gasteiger charge is -2.28. The summed E-state index contributed by atoms with van der Waals surface area (Å²) < 4.78 is 5.22. The van der Waals surface area contributed by atoms with E-state index in [2.05, 4.69) is 5.32 Å². The van der Waals surface area contributed by atoms with Crippen molar-refractivity contribution in [1.82, 2.24) is 4.90 Å². The fraction of sp³-hybridized carbons (Fsp3) is 0.467. The Balaban J connectivity index is 1.89. The highest BCUT2D eigenvalue weighted by Crippen LogP contribution is 2.17. The van der Waals surface area contributed by atoms with E-state index in [0.29, 0.717) is 38.5 Å². The van der Waals surface area contributed by atoms with Crippen molar-refractivity contribution in [2.75, 3.05) is 38.2 Å². The minimum atomic E-state index is -0.988. The van der Waals surface area contributed by atoms with E-state index >= 15 is 0 Å². The highest BCUT2D eigenvalue weighted by molar-refractivity contribution is 5.93. The van der Waals surface area contributed by atoms with E-state index in [1.807, 2.05) is 4.90 Å². The van der Waals surface area contributed by atoms with E-state index in [0.717, 1.165) is 0 Å². The maximum atomic E-state index is 12.0. The standard InChI is InChI=1S/C15H20N2O5/c18-13-3-1-2-12(9-13)16-14(19)8-11(15(20)21)10-17-4-6-22-7-5-17/h1-3,9,11,18H,4-8,10H2,(H,16,19)(H,20,21)/t11-/m0/s1. The number of ether oxygens (including phenoxy) is 1. The number of carboxylic acid groups (broad SMARTS) is 1. The number of carboxylic acids is 1. The number of phenolic OH excluding ortho intramolecular Hbond substituents is 1. The molecule has 0 aromatic heterocycles. The number of anilines is 1. The monoisotopic (exact) mass is 308 g/mol. The van der Waals surface area contributed by atoms with Gasteiger partial charge in [0.05, 0.1) is 19.1 Å². The number of hydrogen-bond donors (Lipinski definition) is 3. The maximum absolute atomic E-state index is 12.0. The van der Waals surface area contributed by atoms with Gasteiger partial charge in [0.2, 0.25) is 5.91 Å². The highest BCUT2D eigenvalue weighted by Gasteiger charge is 2.25. The molecule has 0 aliphatic carbocycles. The van der Waals surface area contributed by atoms with Crippen molar-refractivity contribution < 1.29 is 24.5 Å². The SMILES string of the molecule is O=C(C[C@@H](CN1CCOCC1)C(=O)O)Nc1cccc(O)c1. The molecule has 0 spiro atoms. The second-order valence-corrected chi connectivity index (χ2v) is 5.25. The summed E-state index contributed by atoms with van der Waals surface area (Å²) in [6.45, 7) is 2.85. The van der Waals surface area contributed by atoms with Gasteiger partial charge < -0.3 is 20.3 Å². The summed E-state index contributed by atoms with van der Waals surface area (Å²) in [6.07, 6.45) is -0.109. The third-order valence-corrected chi connectivity index (χ3v) is 3.49. The van der Waals surface area contributed by atoms with E-state index < -0.39 is 11.9 Å². The minimum absolute atomic E-state index is 0.0425. The summed E-state index contributed by atoms with van der Waals surface area (Å²) in [7, 11) is 0. The molecule has 0 saturated carbocycles. The van der Waals surface area contributed by atoms with Crippen molar-refractivity contribution >= 4 is 17.6 Å². The number of aromatic hydroxyl groups is 1. The number of rotatable bonds is 6. The van der Waals surface area contributed by atoms with Gasteiger partial charge in [-0.3, -0.25) is 14.5 Å². The molecule has 1 atom stereocenters. The molecule has 7 heteroatoms. The number of phenols is 1. The molecule has 0 bridgehead atoms. The predicted octanol–water partition coefficient (Wildman–Crippen LogP) is 0.754. The first kappa shape index (κ1) is 16.3. The molecule has 3 N–H and O–H groups in total. The van der Waals surface area contributed by atoms with Crippen LogP contribution in [0.2, 0.25) is 0 Å². The molecule has 1 heterocycles. The normalized spacial score (nSPS) is 16.9. The van der Waals surface area contributed by atoms with Crippen molar-refractivity contribution in [3.8, 4) is 5.75 Å². The Hall–Kier alpha value is -2.12. The molecule has 1 saturated heterocycles. The third kappa shape index (κ3) is 5.01. The van der Waals surface area contributed by atoms with Crippen molar-refractivity contribution in [3.05, 3.63) is 24.3 Å². The zero-order valence-electron chi connectivity index (χ0n) is 12.2. The van der Waals surface area contributed by atoms with Gasteiger partial charge in [-0.1, -0.05) is 6.07 Å². The number of nitrogens with one attached hydrogen (secondary N) is 1. The van der Waals surface area contributed by atoms with Crippen molar-refractivity contribution in [1.29, 1.82) is 0 Å². The molecule has 0 unspecified atom stereocenters. The van der Waals surface area contributed by atoms with Gasteiger partial charge in [-0.15, -0.1) is 0 Å². The molecule has 1 aromatic rings. The first-order valence-corrected chi connectivity index (χ1v) is 7.16. The van der Waals surface area contributed by atoms with Gasteiger partial charge in [0, 0.05) is 37.8 Å². The predicted molar refractivity (Wildman–Crippen MR) is 79.7 cm³/mol. The second-order valence-electron chi connectivity index (χ2n) is 5.25. The minimum Gasteiger partial charge on any atom is -0.508 e. The van der Waals surface area contributed by atoms with Crippen LogP contribution < -0.4 is 5.32 Å². The fourth-order valence-electron chi connectivity index (χ4n) is 2.34. The second kappa shape index (κ2) is 7.77. The van der Waals surface area contributed by atoms with Crippen LogP contribution in [0.4, 0.5) is 5.69 Å². The Morgan fingerprint density at radius 1 is 1.32 bits per heavy atom. The van der Waals surface area contributed by atoms with Crippen LogP contribution in [0, 0.1) is 5.92 Å². The van der Waals surface area contributed by atoms with Crippen LogP contribution in [-0.2, 0) is 14.3 Å². The fourth-order valence-corrected chi connectivity index (χ4v) is 2.34. The van der Waals surface area contributed by atoms with E-state index in [9.17, 15) is 19.8 Å². The molecule has 1 aliphatic rings. The van der Waals surface area contributed by atoms with Gasteiger partial charge in [0.15, 0.2) is 0 Å². The van der Waals surface area contributed by atoms with Crippen molar-refractivity contribution in [2.45, 2.75) is 6.42 Å². The Morgan fingerprint density at radius 2 is 2.05 bits per heavy atom. The van der Waals surface area contributed by atoms with Gasteiger partial charge in [-0.05, 0) is 12.1 Å². The molecule has 22 heavy (non-hydrogen) atoms.